The molecule has 4 aromatic heterocycles. The lowest BCUT2D eigenvalue weighted by Crippen LogP contribution is -2.58. The monoisotopic (exact) mass is 984 g/mol. The zero-order valence-corrected chi connectivity index (χ0v) is 43.9. The molecular formula is C70H60N4Si. The van der Waals surface area contributed by atoms with Crippen LogP contribution in [0.4, 0.5) is 0 Å². The van der Waals surface area contributed by atoms with Crippen molar-refractivity contribution in [3.8, 4) is 22.7 Å². The Morgan fingerprint density at radius 3 is 0.813 bits per heavy atom. The van der Waals surface area contributed by atoms with E-state index in [0.29, 0.717) is 0 Å². The van der Waals surface area contributed by atoms with Gasteiger partial charge < -0.3 is 18.3 Å². The van der Waals surface area contributed by atoms with E-state index in [2.05, 4.69) is 263 Å². The summed E-state index contributed by atoms with van der Waals surface area (Å²) in [5.74, 6) is 0. The second kappa shape index (κ2) is 18.5. The summed E-state index contributed by atoms with van der Waals surface area (Å²) in [7, 11) is -2.24. The van der Waals surface area contributed by atoms with E-state index in [1.54, 1.807) is 10.4 Å². The number of fused-ring (bicyclic) bond motifs is 12. The summed E-state index contributed by atoms with van der Waals surface area (Å²) in [4.78, 5) is 0. The van der Waals surface area contributed by atoms with Gasteiger partial charge in [-0.25, -0.2) is 0 Å². The van der Waals surface area contributed by atoms with Crippen LogP contribution in [0.2, 0.25) is 12.1 Å². The molecule has 0 radical (unpaired) electrons. The summed E-state index contributed by atoms with van der Waals surface area (Å²) in [5, 5.41) is 13.3. The number of nitrogens with zero attached hydrogens (tertiary/aromatic N) is 4. The highest BCUT2D eigenvalue weighted by atomic mass is 28.3. The van der Waals surface area contributed by atoms with Crippen molar-refractivity contribution in [2.24, 2.45) is 0 Å². The van der Waals surface area contributed by atoms with E-state index in [-0.39, 0.29) is 0 Å². The fourth-order valence-electron chi connectivity index (χ4n) is 13.2. The van der Waals surface area contributed by atoms with Crippen LogP contribution in [0.1, 0.15) is 52.4 Å². The van der Waals surface area contributed by atoms with Crippen molar-refractivity contribution in [2.75, 3.05) is 0 Å². The van der Waals surface area contributed by atoms with Crippen LogP contribution >= 0.6 is 0 Å². The van der Waals surface area contributed by atoms with Crippen molar-refractivity contribution in [3.05, 3.63) is 231 Å². The molecule has 5 heteroatoms. The molecule has 4 nitrogen and oxygen atoms in total. The standard InChI is InChI=1S/C70H60N4Si/c1-3-5-19-45-75(46-20-6-4-2,53-39-33-49(34-40-53)71-67-31-17-11-25-59(67)61-47-51(37-43-69(61)71)73-63-27-13-7-21-55(63)56-22-8-14-28-64(56)73)54-41-35-50(36-42-54)72-68-32-18-12-26-60(68)62-48-52(38-44-70(62)72)74-65-29-15-9-23-57(65)58-24-10-16-30-66(58)74/h7-18,21-44,47-48H,3-6,19-20,45-46H2,1-2H3. The van der Waals surface area contributed by atoms with Gasteiger partial charge in [0.25, 0.3) is 0 Å². The molecule has 4 heterocycles. The van der Waals surface area contributed by atoms with Gasteiger partial charge in [-0.3, -0.25) is 0 Å². The topological polar surface area (TPSA) is 19.7 Å². The highest BCUT2D eigenvalue weighted by Gasteiger charge is 2.36. The number of hydrogen-bond donors (Lipinski definition) is 0. The quantitative estimate of drug-likeness (QED) is 0.0764. The van der Waals surface area contributed by atoms with Crippen LogP contribution in [0.3, 0.4) is 0 Å². The second-order valence-electron chi connectivity index (χ2n) is 20.9. The summed E-state index contributed by atoms with van der Waals surface area (Å²) in [6.45, 7) is 4.69. The summed E-state index contributed by atoms with van der Waals surface area (Å²) < 4.78 is 9.86. The van der Waals surface area contributed by atoms with Crippen molar-refractivity contribution >= 4 is 106 Å². The van der Waals surface area contributed by atoms with Crippen molar-refractivity contribution in [1.29, 1.82) is 0 Å². The number of aromatic nitrogens is 4. The molecule has 0 N–H and O–H groups in total. The molecule has 0 fully saturated rings. The minimum absolute atomic E-state index is 1.18. The molecule has 0 saturated carbocycles. The van der Waals surface area contributed by atoms with E-state index in [4.69, 9.17) is 0 Å². The smallest absolute Gasteiger partial charge is 0.118 e. The average molecular weight is 985 g/mol. The van der Waals surface area contributed by atoms with Gasteiger partial charge in [0.15, 0.2) is 0 Å². The normalized spacial score (nSPS) is 12.3. The predicted octanol–water partition coefficient (Wildman–Crippen LogP) is 18.0. The third-order valence-electron chi connectivity index (χ3n) is 16.8. The first-order valence-electron chi connectivity index (χ1n) is 27.4. The molecule has 0 aliphatic carbocycles. The molecule has 0 saturated heterocycles. The molecule has 0 atom stereocenters. The zero-order valence-electron chi connectivity index (χ0n) is 42.9. The Morgan fingerprint density at radius 1 is 0.253 bits per heavy atom. The van der Waals surface area contributed by atoms with E-state index in [0.717, 1.165) is 0 Å². The maximum absolute atomic E-state index is 2.53. The maximum Gasteiger partial charge on any atom is 0.118 e. The molecule has 75 heavy (non-hydrogen) atoms. The summed E-state index contributed by atoms with van der Waals surface area (Å²) in [6.07, 6.45) is 7.45. The number of para-hydroxylation sites is 6. The summed E-state index contributed by atoms with van der Waals surface area (Å²) >= 11 is 0. The lowest BCUT2D eigenvalue weighted by Gasteiger charge is -2.34. The van der Waals surface area contributed by atoms with E-state index in [9.17, 15) is 0 Å². The molecule has 0 aliphatic heterocycles. The first kappa shape index (κ1) is 45.2. The van der Waals surface area contributed by atoms with Gasteiger partial charge in [0.2, 0.25) is 0 Å². The van der Waals surface area contributed by atoms with Gasteiger partial charge in [-0.2, -0.15) is 0 Å². The lowest BCUT2D eigenvalue weighted by molar-refractivity contribution is 0.744. The average Bonchev–Trinajstić information content (AvgIpc) is 4.20. The van der Waals surface area contributed by atoms with Crippen molar-refractivity contribution in [3.63, 3.8) is 0 Å². The Hall–Kier alpha value is -8.38. The maximum atomic E-state index is 2.53. The van der Waals surface area contributed by atoms with Crippen LogP contribution in [0.5, 0.6) is 0 Å². The Balaban J connectivity index is 0.865. The van der Waals surface area contributed by atoms with Crippen LogP contribution in [0, 0.1) is 0 Å². The highest BCUT2D eigenvalue weighted by molar-refractivity contribution is 7.02. The molecule has 364 valence electrons. The van der Waals surface area contributed by atoms with E-state index in [1.807, 2.05) is 0 Å². The van der Waals surface area contributed by atoms with Crippen molar-refractivity contribution in [1.82, 2.24) is 18.3 Å². The number of hydrogen-bond acceptors (Lipinski definition) is 0. The molecule has 0 amide bonds. The zero-order chi connectivity index (χ0) is 50.0. The second-order valence-corrected chi connectivity index (χ2v) is 25.3. The molecule has 0 aliphatic rings. The van der Waals surface area contributed by atoms with Gasteiger partial charge >= 0.3 is 0 Å². The Kier molecular flexibility index (Phi) is 11.2. The van der Waals surface area contributed by atoms with Crippen LogP contribution in [0.25, 0.3) is 110 Å². The van der Waals surface area contributed by atoms with E-state index in [1.165, 1.54) is 161 Å². The van der Waals surface area contributed by atoms with Crippen LogP contribution < -0.4 is 10.4 Å². The Morgan fingerprint density at radius 2 is 0.507 bits per heavy atom. The van der Waals surface area contributed by atoms with Crippen LogP contribution in [-0.2, 0) is 0 Å². The van der Waals surface area contributed by atoms with Gasteiger partial charge in [0.05, 0.1) is 44.1 Å². The molecule has 0 spiro atoms. The predicted molar refractivity (Wildman–Crippen MR) is 324 cm³/mol. The number of benzene rings is 10. The van der Waals surface area contributed by atoms with Gasteiger partial charge in [0.1, 0.15) is 8.07 Å². The Bertz CT molecular complexity index is 4050. The first-order valence-corrected chi connectivity index (χ1v) is 29.8. The largest absolute Gasteiger partial charge is 0.309 e. The van der Waals surface area contributed by atoms with Crippen molar-refractivity contribution < 1.29 is 0 Å². The molecule has 0 unspecified atom stereocenters. The lowest BCUT2D eigenvalue weighted by atomic mass is 10.1. The van der Waals surface area contributed by atoms with Gasteiger partial charge in [0, 0.05) is 65.8 Å². The minimum atomic E-state index is -2.24. The molecule has 14 aromatic rings. The highest BCUT2D eigenvalue weighted by Crippen LogP contribution is 2.39. The molecule has 10 aromatic carbocycles. The Labute approximate surface area is 439 Å². The fourth-order valence-corrected chi connectivity index (χ4v) is 18.3. The van der Waals surface area contributed by atoms with E-state index >= 15 is 0 Å². The minimum Gasteiger partial charge on any atom is -0.309 e. The van der Waals surface area contributed by atoms with Gasteiger partial charge in [-0.05, 0) is 109 Å². The first-order chi connectivity index (χ1) is 37.1. The summed E-state index contributed by atoms with van der Waals surface area (Å²) in [6, 6.07) is 89.7. The van der Waals surface area contributed by atoms with Crippen molar-refractivity contribution in [2.45, 2.75) is 64.5 Å². The van der Waals surface area contributed by atoms with Crippen LogP contribution in [-0.4, -0.2) is 26.3 Å². The SMILES string of the molecule is CCCCC[Si](CCCCC)(c1ccc(-n2c3ccccc3c3cc(-n4c5ccccc5c5ccccc54)ccc32)cc1)c1ccc(-n2c3ccccc3c3cc(-n4c5ccccc5c5ccccc54)ccc32)cc1. The van der Waals surface area contributed by atoms with Crippen LogP contribution in [0.15, 0.2) is 231 Å². The molecular weight excluding hydrogens is 925 g/mol. The fraction of sp³-hybridized carbons (Fsp3) is 0.143. The van der Waals surface area contributed by atoms with E-state index < -0.39 is 8.07 Å². The third-order valence-corrected chi connectivity index (χ3v) is 22.1. The molecule has 14 rings (SSSR count). The third kappa shape index (κ3) is 7.23. The summed E-state index contributed by atoms with van der Waals surface area (Å²) in [5.41, 5.74) is 14.6. The van der Waals surface area contributed by atoms with Gasteiger partial charge in [-0.15, -0.1) is 0 Å². The number of unbranched alkanes of at least 4 members (excludes halogenated alkanes) is 4. The molecule has 0 bridgehead atoms. The van der Waals surface area contributed by atoms with Gasteiger partial charge in [-0.1, -0.05) is 196 Å². The number of rotatable bonds is 14.